The Bertz CT molecular complexity index is 457. The van der Waals surface area contributed by atoms with Crippen molar-refractivity contribution in [1.82, 2.24) is 4.98 Å². The average molecular weight is 334 g/mol. The van der Waals surface area contributed by atoms with Gasteiger partial charge in [0.2, 0.25) is 0 Å². The summed E-state index contributed by atoms with van der Waals surface area (Å²) in [5, 5.41) is 1.80. The van der Waals surface area contributed by atoms with E-state index in [0.717, 1.165) is 11.3 Å². The molecule has 0 bridgehead atoms. The molecule has 0 aliphatic heterocycles. The molecule has 1 heterocycles. The van der Waals surface area contributed by atoms with Gasteiger partial charge in [-0.3, -0.25) is 0 Å². The van der Waals surface area contributed by atoms with Crippen molar-refractivity contribution in [3.8, 4) is 0 Å². The molecule has 0 aliphatic carbocycles. The lowest BCUT2D eigenvalue weighted by molar-refractivity contribution is -0.289. The van der Waals surface area contributed by atoms with E-state index in [1.54, 1.807) is 5.38 Å². The first-order valence-electron chi connectivity index (χ1n) is 6.07. The summed E-state index contributed by atoms with van der Waals surface area (Å²) >= 11 is 1.02. The second kappa shape index (κ2) is 5.75. The Morgan fingerprint density at radius 1 is 1.10 bits per heavy atom. The van der Waals surface area contributed by atoms with Gasteiger partial charge in [-0.15, -0.1) is 11.3 Å². The molecule has 21 heavy (non-hydrogen) atoms. The maximum absolute atomic E-state index is 12.5. The smallest absolute Gasteiger partial charge is 0.326 e. The van der Waals surface area contributed by atoms with E-state index < -0.39 is 30.7 Å². The van der Waals surface area contributed by atoms with Gasteiger partial charge in [0.1, 0.15) is 0 Å². The van der Waals surface area contributed by atoms with Gasteiger partial charge in [-0.25, -0.2) is 4.98 Å². The Morgan fingerprint density at radius 2 is 1.57 bits per heavy atom. The van der Waals surface area contributed by atoms with Crippen LogP contribution in [0.4, 0.5) is 26.3 Å². The highest BCUT2D eigenvalue weighted by Crippen LogP contribution is 2.41. The number of nitrogens with two attached hydrogens (primary N) is 1. The summed E-state index contributed by atoms with van der Waals surface area (Å²) in [6.45, 7) is 5.54. The van der Waals surface area contributed by atoms with Gasteiger partial charge in [-0.1, -0.05) is 20.8 Å². The fourth-order valence-corrected chi connectivity index (χ4v) is 2.83. The van der Waals surface area contributed by atoms with E-state index in [0.29, 0.717) is 5.69 Å². The second-order valence-electron chi connectivity index (χ2n) is 5.81. The van der Waals surface area contributed by atoms with Crippen LogP contribution < -0.4 is 5.73 Å². The highest BCUT2D eigenvalue weighted by atomic mass is 32.1. The van der Waals surface area contributed by atoms with Crippen LogP contribution in [0.5, 0.6) is 0 Å². The number of alkyl halides is 6. The van der Waals surface area contributed by atoms with Gasteiger partial charge in [0.25, 0.3) is 0 Å². The highest BCUT2D eigenvalue weighted by Gasteiger charge is 2.59. The van der Waals surface area contributed by atoms with E-state index in [-0.39, 0.29) is 10.4 Å². The molecule has 1 rings (SSSR count). The van der Waals surface area contributed by atoms with Crippen LogP contribution in [0.25, 0.3) is 0 Å². The lowest BCUT2D eigenvalue weighted by Crippen LogP contribution is -2.49. The third-order valence-electron chi connectivity index (χ3n) is 2.86. The zero-order chi connectivity index (χ0) is 16.6. The first-order chi connectivity index (χ1) is 9.23. The molecule has 0 fully saturated rings. The van der Waals surface area contributed by atoms with Crippen molar-refractivity contribution in [1.29, 1.82) is 0 Å². The molecule has 0 aromatic carbocycles. The Morgan fingerprint density at radius 3 is 1.90 bits per heavy atom. The monoisotopic (exact) mass is 334 g/mol. The van der Waals surface area contributed by atoms with Crippen molar-refractivity contribution >= 4 is 11.3 Å². The molecule has 0 saturated carbocycles. The Labute approximate surface area is 122 Å². The molecule has 122 valence electrons. The molecule has 0 saturated heterocycles. The topological polar surface area (TPSA) is 38.9 Å². The van der Waals surface area contributed by atoms with Crippen molar-refractivity contribution in [2.75, 3.05) is 0 Å². The zero-order valence-electron chi connectivity index (χ0n) is 11.6. The summed E-state index contributed by atoms with van der Waals surface area (Å²) in [4.78, 5) is 4.07. The molecule has 1 aromatic heterocycles. The lowest BCUT2D eigenvalue weighted by atomic mass is 9.93. The van der Waals surface area contributed by atoms with Crippen LogP contribution in [0.3, 0.4) is 0 Å². The van der Waals surface area contributed by atoms with Gasteiger partial charge in [0, 0.05) is 23.3 Å². The minimum Gasteiger partial charge on any atom is -0.326 e. The molecule has 0 radical (unpaired) electrons. The van der Waals surface area contributed by atoms with E-state index in [2.05, 4.69) is 4.98 Å². The molecule has 1 unspecified atom stereocenters. The molecule has 0 spiro atoms. The van der Waals surface area contributed by atoms with Crippen molar-refractivity contribution in [2.45, 2.75) is 51.0 Å². The van der Waals surface area contributed by atoms with Crippen molar-refractivity contribution in [3.05, 3.63) is 16.1 Å². The zero-order valence-corrected chi connectivity index (χ0v) is 12.5. The van der Waals surface area contributed by atoms with Crippen LogP contribution in [-0.2, 0) is 11.8 Å². The Balaban J connectivity index is 2.93. The van der Waals surface area contributed by atoms with Crippen molar-refractivity contribution in [3.63, 3.8) is 0 Å². The summed E-state index contributed by atoms with van der Waals surface area (Å²) in [5.41, 5.74) is 5.46. The molecule has 9 heteroatoms. The van der Waals surface area contributed by atoms with Crippen LogP contribution in [0.1, 0.15) is 31.5 Å². The van der Waals surface area contributed by atoms with Crippen molar-refractivity contribution in [2.24, 2.45) is 11.7 Å². The van der Waals surface area contributed by atoms with Gasteiger partial charge < -0.3 is 5.73 Å². The number of aromatic nitrogens is 1. The highest BCUT2D eigenvalue weighted by molar-refractivity contribution is 7.09. The maximum Gasteiger partial charge on any atom is 0.402 e. The van der Waals surface area contributed by atoms with Crippen LogP contribution in [-0.4, -0.2) is 23.4 Å². The van der Waals surface area contributed by atoms with E-state index in [9.17, 15) is 26.3 Å². The van der Waals surface area contributed by atoms with Gasteiger partial charge in [0.05, 0.1) is 10.7 Å². The average Bonchev–Trinajstić information content (AvgIpc) is 2.59. The number of halogens is 6. The Hall–Kier alpha value is -0.830. The quantitative estimate of drug-likeness (QED) is 0.847. The number of hydrogen-bond acceptors (Lipinski definition) is 3. The number of rotatable bonds is 3. The third-order valence-corrected chi connectivity index (χ3v) is 3.74. The molecule has 0 aliphatic rings. The van der Waals surface area contributed by atoms with Crippen LogP contribution in [0.2, 0.25) is 0 Å². The normalized spacial score (nSPS) is 15.6. The summed E-state index contributed by atoms with van der Waals surface area (Å²) in [6.07, 6.45) is -11.4. The van der Waals surface area contributed by atoms with E-state index in [1.807, 2.05) is 20.8 Å². The summed E-state index contributed by atoms with van der Waals surface area (Å²) in [5.74, 6) is -3.55. The minimum absolute atomic E-state index is 0.172. The van der Waals surface area contributed by atoms with Gasteiger partial charge >= 0.3 is 12.4 Å². The lowest BCUT2D eigenvalue weighted by Gasteiger charge is -2.27. The van der Waals surface area contributed by atoms with E-state index in [1.165, 1.54) is 0 Å². The first kappa shape index (κ1) is 18.2. The van der Waals surface area contributed by atoms with Crippen LogP contribution >= 0.6 is 11.3 Å². The molecule has 0 amide bonds. The second-order valence-corrected chi connectivity index (χ2v) is 6.75. The summed E-state index contributed by atoms with van der Waals surface area (Å²) < 4.78 is 75.3. The van der Waals surface area contributed by atoms with Gasteiger partial charge in [-0.2, -0.15) is 26.3 Å². The third kappa shape index (κ3) is 4.84. The molecule has 2 nitrogen and oxygen atoms in total. The SMILES string of the molecule is CC(C)(C)c1csc(CC(N)C(C(F)(F)F)C(F)(F)F)n1. The standard InChI is InChI=1S/C12H16F6N2S/c1-10(2,3)7-5-21-8(20-7)4-6(19)9(11(13,14)15)12(16,17)18/h5-6,9H,4,19H2,1-3H3. The summed E-state index contributed by atoms with van der Waals surface area (Å²) in [7, 11) is 0. The number of hydrogen-bond donors (Lipinski definition) is 1. The molecular weight excluding hydrogens is 318 g/mol. The predicted molar refractivity (Wildman–Crippen MR) is 68.1 cm³/mol. The fraction of sp³-hybridized carbons (Fsp3) is 0.750. The Kier molecular flexibility index (Phi) is 4.99. The first-order valence-corrected chi connectivity index (χ1v) is 6.95. The van der Waals surface area contributed by atoms with E-state index >= 15 is 0 Å². The largest absolute Gasteiger partial charge is 0.402 e. The molecule has 2 N–H and O–H groups in total. The number of thiazole rings is 1. The van der Waals surface area contributed by atoms with E-state index in [4.69, 9.17) is 5.73 Å². The number of nitrogens with zero attached hydrogens (tertiary/aromatic N) is 1. The maximum atomic E-state index is 12.5. The summed E-state index contributed by atoms with van der Waals surface area (Å²) in [6, 6.07) is -2.11. The predicted octanol–water partition coefficient (Wildman–Crippen LogP) is 4.05. The van der Waals surface area contributed by atoms with Crippen LogP contribution in [0, 0.1) is 5.92 Å². The van der Waals surface area contributed by atoms with Gasteiger partial charge in [-0.05, 0) is 0 Å². The molecule has 1 aromatic rings. The molecular formula is C12H16F6N2S. The minimum atomic E-state index is -5.43. The van der Waals surface area contributed by atoms with Crippen LogP contribution in [0.15, 0.2) is 5.38 Å². The van der Waals surface area contributed by atoms with Crippen molar-refractivity contribution < 1.29 is 26.3 Å². The molecule has 1 atom stereocenters. The fourth-order valence-electron chi connectivity index (χ4n) is 1.74. The van der Waals surface area contributed by atoms with Gasteiger partial charge in [0.15, 0.2) is 5.92 Å².